The number of amides is 1. The number of aliphatic hydroxyl groups is 1. The molecule has 5 heteroatoms. The molecule has 0 spiro atoms. The Labute approximate surface area is 94.7 Å². The predicted molar refractivity (Wildman–Crippen MR) is 62.2 cm³/mol. The van der Waals surface area contributed by atoms with Crippen LogP contribution in [0.15, 0.2) is 18.3 Å². The molecule has 0 aliphatic rings. The second-order valence-electron chi connectivity index (χ2n) is 4.00. The van der Waals surface area contributed by atoms with Gasteiger partial charge in [0.2, 0.25) is 0 Å². The molecule has 0 fully saturated rings. The fraction of sp³-hybridized carbons (Fsp3) is 0.455. The van der Waals surface area contributed by atoms with Crippen molar-refractivity contribution in [2.75, 3.05) is 11.9 Å². The molecule has 1 aromatic rings. The number of nitrogens with two attached hydrogens (primary N) is 1. The molecule has 5 nitrogen and oxygen atoms in total. The van der Waals surface area contributed by atoms with Gasteiger partial charge in [-0.15, -0.1) is 0 Å². The molecular weight excluding hydrogens is 206 g/mol. The average Bonchev–Trinajstić information content (AvgIpc) is 2.27. The first-order valence-corrected chi connectivity index (χ1v) is 5.17. The van der Waals surface area contributed by atoms with E-state index >= 15 is 0 Å². The van der Waals surface area contributed by atoms with E-state index in [0.29, 0.717) is 13.0 Å². The van der Waals surface area contributed by atoms with Crippen molar-refractivity contribution in [2.24, 2.45) is 5.73 Å². The lowest BCUT2D eigenvalue weighted by Crippen LogP contribution is -2.32. The largest absolute Gasteiger partial charge is 0.388 e. The molecule has 1 aromatic heterocycles. The normalized spacial score (nSPS) is 14.2. The number of nitrogens with one attached hydrogen (secondary N) is 1. The lowest BCUT2D eigenvalue weighted by atomic mass is 10.0. The van der Waals surface area contributed by atoms with Crippen molar-refractivity contribution in [1.29, 1.82) is 0 Å². The summed E-state index contributed by atoms with van der Waals surface area (Å²) in [5.41, 5.74) is 5.27. The number of pyridine rings is 1. The van der Waals surface area contributed by atoms with E-state index in [-0.39, 0.29) is 5.69 Å². The molecule has 0 saturated heterocycles. The molecule has 1 atom stereocenters. The number of carbonyl (C=O) groups excluding carboxylic acids is 1. The number of primary amides is 1. The van der Waals surface area contributed by atoms with Gasteiger partial charge in [0.1, 0.15) is 5.69 Å². The van der Waals surface area contributed by atoms with Crippen molar-refractivity contribution in [3.63, 3.8) is 0 Å². The lowest BCUT2D eigenvalue weighted by molar-refractivity contribution is 0.0697. The smallest absolute Gasteiger partial charge is 0.267 e. The van der Waals surface area contributed by atoms with Crippen LogP contribution in [0.25, 0.3) is 0 Å². The zero-order chi connectivity index (χ0) is 12.2. The summed E-state index contributed by atoms with van der Waals surface area (Å²) in [4.78, 5) is 14.7. The van der Waals surface area contributed by atoms with Crippen LogP contribution in [-0.2, 0) is 0 Å². The van der Waals surface area contributed by atoms with Crippen molar-refractivity contribution in [3.05, 3.63) is 24.0 Å². The summed E-state index contributed by atoms with van der Waals surface area (Å²) in [7, 11) is 0. The predicted octanol–water partition coefficient (Wildman–Crippen LogP) is 0.753. The van der Waals surface area contributed by atoms with Crippen molar-refractivity contribution in [1.82, 2.24) is 4.98 Å². The second-order valence-corrected chi connectivity index (χ2v) is 4.00. The third-order valence-electron chi connectivity index (χ3n) is 2.45. The van der Waals surface area contributed by atoms with E-state index in [1.165, 1.54) is 6.20 Å². The van der Waals surface area contributed by atoms with Gasteiger partial charge in [-0.1, -0.05) is 6.92 Å². The zero-order valence-electron chi connectivity index (χ0n) is 9.53. The Morgan fingerprint density at radius 1 is 1.69 bits per heavy atom. The van der Waals surface area contributed by atoms with Crippen molar-refractivity contribution < 1.29 is 9.90 Å². The monoisotopic (exact) mass is 223 g/mol. The average molecular weight is 223 g/mol. The van der Waals surface area contributed by atoms with E-state index in [2.05, 4.69) is 10.3 Å². The summed E-state index contributed by atoms with van der Waals surface area (Å²) in [6, 6.07) is 3.28. The van der Waals surface area contributed by atoms with Gasteiger partial charge in [-0.25, -0.2) is 0 Å². The van der Waals surface area contributed by atoms with Gasteiger partial charge in [-0.05, 0) is 25.5 Å². The van der Waals surface area contributed by atoms with Gasteiger partial charge in [0.25, 0.3) is 5.91 Å². The van der Waals surface area contributed by atoms with E-state index in [9.17, 15) is 9.90 Å². The molecule has 0 radical (unpaired) electrons. The van der Waals surface area contributed by atoms with E-state index in [4.69, 9.17) is 5.73 Å². The summed E-state index contributed by atoms with van der Waals surface area (Å²) >= 11 is 0. The van der Waals surface area contributed by atoms with E-state index in [1.54, 1.807) is 19.1 Å². The number of rotatable bonds is 5. The Hall–Kier alpha value is -1.62. The highest BCUT2D eigenvalue weighted by molar-refractivity contribution is 5.91. The number of nitrogens with zero attached hydrogens (tertiary/aromatic N) is 1. The quantitative estimate of drug-likeness (QED) is 0.687. The molecule has 1 unspecified atom stereocenters. The minimum Gasteiger partial charge on any atom is -0.388 e. The van der Waals surface area contributed by atoms with Crippen LogP contribution >= 0.6 is 0 Å². The van der Waals surface area contributed by atoms with Gasteiger partial charge in [0.05, 0.1) is 5.60 Å². The highest BCUT2D eigenvalue weighted by Gasteiger charge is 2.16. The molecular formula is C11H17N3O2. The zero-order valence-corrected chi connectivity index (χ0v) is 9.53. The topological polar surface area (TPSA) is 88.2 Å². The number of carbonyl (C=O) groups is 1. The van der Waals surface area contributed by atoms with Crippen molar-refractivity contribution >= 4 is 11.6 Å². The maximum absolute atomic E-state index is 10.9. The van der Waals surface area contributed by atoms with Gasteiger partial charge < -0.3 is 16.2 Å². The van der Waals surface area contributed by atoms with E-state index in [0.717, 1.165) is 5.69 Å². The van der Waals surface area contributed by atoms with Gasteiger partial charge in [-0.3, -0.25) is 9.78 Å². The van der Waals surface area contributed by atoms with Crippen LogP contribution in [0, 0.1) is 0 Å². The van der Waals surface area contributed by atoms with Crippen LogP contribution in [0.2, 0.25) is 0 Å². The Balaban J connectivity index is 2.68. The first-order valence-electron chi connectivity index (χ1n) is 5.17. The minimum absolute atomic E-state index is 0.209. The molecule has 0 bridgehead atoms. The summed E-state index contributed by atoms with van der Waals surface area (Å²) < 4.78 is 0. The Kier molecular flexibility index (Phi) is 3.84. The number of aromatic nitrogens is 1. The van der Waals surface area contributed by atoms with Gasteiger partial charge in [0, 0.05) is 18.4 Å². The lowest BCUT2D eigenvalue weighted by Gasteiger charge is -2.22. The number of anilines is 1. The van der Waals surface area contributed by atoms with Crippen LogP contribution in [-0.4, -0.2) is 28.1 Å². The van der Waals surface area contributed by atoms with E-state index < -0.39 is 11.5 Å². The standard InChI is InChI=1S/C11H17N3O2/c1-3-11(2,16)7-14-8-4-5-13-9(6-8)10(12)15/h4-6,16H,3,7H2,1-2H3,(H2,12,15)(H,13,14). The molecule has 1 amide bonds. The molecule has 4 N–H and O–H groups in total. The fourth-order valence-electron chi connectivity index (χ4n) is 1.09. The van der Waals surface area contributed by atoms with Crippen LogP contribution in [0.4, 0.5) is 5.69 Å². The minimum atomic E-state index is -0.768. The summed E-state index contributed by atoms with van der Waals surface area (Å²) in [5, 5.41) is 12.8. The van der Waals surface area contributed by atoms with Crippen LogP contribution in [0.5, 0.6) is 0 Å². The number of hydrogen-bond donors (Lipinski definition) is 3. The maximum Gasteiger partial charge on any atom is 0.267 e. The Bertz CT molecular complexity index is 377. The molecule has 0 aromatic carbocycles. The summed E-state index contributed by atoms with van der Waals surface area (Å²) in [5.74, 6) is -0.564. The van der Waals surface area contributed by atoms with Crippen LogP contribution < -0.4 is 11.1 Å². The van der Waals surface area contributed by atoms with Crippen molar-refractivity contribution in [2.45, 2.75) is 25.9 Å². The van der Waals surface area contributed by atoms with Crippen LogP contribution in [0.1, 0.15) is 30.8 Å². The van der Waals surface area contributed by atoms with Gasteiger partial charge >= 0.3 is 0 Å². The third kappa shape index (κ3) is 3.51. The van der Waals surface area contributed by atoms with Gasteiger partial charge in [0.15, 0.2) is 0 Å². The highest BCUT2D eigenvalue weighted by Crippen LogP contribution is 2.12. The molecule has 1 heterocycles. The molecule has 0 aliphatic carbocycles. The molecule has 88 valence electrons. The van der Waals surface area contributed by atoms with Gasteiger partial charge in [-0.2, -0.15) is 0 Å². The Morgan fingerprint density at radius 2 is 2.38 bits per heavy atom. The third-order valence-corrected chi connectivity index (χ3v) is 2.45. The summed E-state index contributed by atoms with van der Waals surface area (Å²) in [6.45, 7) is 4.06. The molecule has 0 aliphatic heterocycles. The second kappa shape index (κ2) is 4.94. The number of hydrogen-bond acceptors (Lipinski definition) is 4. The Morgan fingerprint density at radius 3 is 2.94 bits per heavy atom. The first-order chi connectivity index (χ1) is 7.44. The first kappa shape index (κ1) is 12.4. The SMILES string of the molecule is CCC(C)(O)CNc1ccnc(C(N)=O)c1. The van der Waals surface area contributed by atoms with Crippen molar-refractivity contribution in [3.8, 4) is 0 Å². The van der Waals surface area contributed by atoms with Crippen LogP contribution in [0.3, 0.4) is 0 Å². The molecule has 16 heavy (non-hydrogen) atoms. The highest BCUT2D eigenvalue weighted by atomic mass is 16.3. The molecule has 0 saturated carbocycles. The van der Waals surface area contributed by atoms with E-state index in [1.807, 2.05) is 6.92 Å². The fourth-order valence-corrected chi connectivity index (χ4v) is 1.09. The summed E-state index contributed by atoms with van der Waals surface area (Å²) in [6.07, 6.45) is 2.15. The molecule has 1 rings (SSSR count). The maximum atomic E-state index is 10.9.